The number of benzene rings is 1. The average molecular weight is 274 g/mol. The van der Waals surface area contributed by atoms with Gasteiger partial charge in [0, 0.05) is 26.6 Å². The van der Waals surface area contributed by atoms with Crippen LogP contribution in [0.1, 0.15) is 17.5 Å². The second kappa shape index (κ2) is 4.68. The monoisotopic (exact) mass is 274 g/mol. The van der Waals surface area contributed by atoms with Crippen LogP contribution in [0.3, 0.4) is 0 Å². The zero-order chi connectivity index (χ0) is 14.3. The SMILES string of the molecule is CN1CCC(O)(CN)Cc2cccc(C(F)(F)F)c21. The van der Waals surface area contributed by atoms with E-state index in [4.69, 9.17) is 5.73 Å². The largest absolute Gasteiger partial charge is 0.418 e. The van der Waals surface area contributed by atoms with Gasteiger partial charge in [-0.25, -0.2) is 0 Å². The first-order valence-corrected chi connectivity index (χ1v) is 6.09. The summed E-state index contributed by atoms with van der Waals surface area (Å²) in [6.07, 6.45) is -3.90. The van der Waals surface area contributed by atoms with Crippen LogP contribution in [-0.4, -0.2) is 30.8 Å². The van der Waals surface area contributed by atoms with E-state index in [1.807, 2.05) is 0 Å². The van der Waals surface area contributed by atoms with E-state index in [0.717, 1.165) is 6.07 Å². The van der Waals surface area contributed by atoms with Crippen molar-refractivity contribution in [3.05, 3.63) is 29.3 Å². The topological polar surface area (TPSA) is 49.5 Å². The van der Waals surface area contributed by atoms with Crippen LogP contribution >= 0.6 is 0 Å². The van der Waals surface area contributed by atoms with E-state index in [9.17, 15) is 18.3 Å². The standard InChI is InChI=1S/C13H17F3N2O/c1-18-6-5-12(19,8-17)7-9-3-2-4-10(11(9)18)13(14,15)16/h2-4,19H,5-8,17H2,1H3. The maximum atomic E-state index is 13.0. The van der Waals surface area contributed by atoms with Crippen LogP contribution in [0.5, 0.6) is 0 Å². The van der Waals surface area contributed by atoms with E-state index >= 15 is 0 Å². The number of hydrogen-bond donors (Lipinski definition) is 2. The number of nitrogens with two attached hydrogens (primary N) is 1. The summed E-state index contributed by atoms with van der Waals surface area (Å²) >= 11 is 0. The third kappa shape index (κ3) is 2.69. The highest BCUT2D eigenvalue weighted by Crippen LogP contribution is 2.40. The summed E-state index contributed by atoms with van der Waals surface area (Å²) in [6.45, 7) is 0.379. The molecular formula is C13H17F3N2O. The quantitative estimate of drug-likeness (QED) is 0.820. The lowest BCUT2D eigenvalue weighted by Crippen LogP contribution is -2.40. The number of nitrogens with zero attached hydrogens (tertiary/aromatic N) is 1. The van der Waals surface area contributed by atoms with Gasteiger partial charge >= 0.3 is 6.18 Å². The van der Waals surface area contributed by atoms with Crippen molar-refractivity contribution in [1.82, 2.24) is 0 Å². The van der Waals surface area contributed by atoms with Gasteiger partial charge in [-0.15, -0.1) is 0 Å². The molecule has 1 aromatic carbocycles. The van der Waals surface area contributed by atoms with E-state index in [1.54, 1.807) is 18.0 Å². The van der Waals surface area contributed by atoms with Crippen molar-refractivity contribution in [3.63, 3.8) is 0 Å². The Balaban J connectivity index is 2.55. The molecule has 1 aliphatic heterocycles. The molecule has 1 aromatic rings. The fourth-order valence-electron chi connectivity index (χ4n) is 2.52. The third-order valence-electron chi connectivity index (χ3n) is 3.62. The number of hydrogen-bond acceptors (Lipinski definition) is 3. The molecule has 106 valence electrons. The molecule has 1 aliphatic rings. The predicted molar refractivity (Wildman–Crippen MR) is 67.0 cm³/mol. The van der Waals surface area contributed by atoms with Gasteiger partial charge in [0.05, 0.1) is 16.9 Å². The Morgan fingerprint density at radius 1 is 1.42 bits per heavy atom. The van der Waals surface area contributed by atoms with Crippen molar-refractivity contribution in [3.8, 4) is 0 Å². The predicted octanol–water partition coefficient (Wildman–Crippen LogP) is 1.78. The third-order valence-corrected chi connectivity index (χ3v) is 3.62. The fraction of sp³-hybridized carbons (Fsp3) is 0.538. The van der Waals surface area contributed by atoms with Gasteiger partial charge in [0.2, 0.25) is 0 Å². The van der Waals surface area contributed by atoms with Crippen molar-refractivity contribution >= 4 is 5.69 Å². The molecular weight excluding hydrogens is 257 g/mol. The summed E-state index contributed by atoms with van der Waals surface area (Å²) in [7, 11) is 1.61. The molecule has 3 nitrogen and oxygen atoms in total. The minimum Gasteiger partial charge on any atom is -0.388 e. The first-order valence-electron chi connectivity index (χ1n) is 6.09. The second-order valence-electron chi connectivity index (χ2n) is 5.09. The van der Waals surface area contributed by atoms with Gasteiger partial charge in [0.15, 0.2) is 0 Å². The van der Waals surface area contributed by atoms with Gasteiger partial charge in [-0.1, -0.05) is 12.1 Å². The molecule has 1 heterocycles. The van der Waals surface area contributed by atoms with Crippen molar-refractivity contribution < 1.29 is 18.3 Å². The lowest BCUT2D eigenvalue weighted by molar-refractivity contribution is -0.137. The Morgan fingerprint density at radius 3 is 2.68 bits per heavy atom. The highest BCUT2D eigenvalue weighted by molar-refractivity contribution is 5.61. The Kier molecular flexibility index (Phi) is 3.49. The van der Waals surface area contributed by atoms with Gasteiger partial charge in [-0.3, -0.25) is 0 Å². The maximum absolute atomic E-state index is 13.0. The van der Waals surface area contributed by atoms with Crippen LogP contribution in [0.4, 0.5) is 18.9 Å². The Labute approximate surface area is 109 Å². The average Bonchev–Trinajstić information content (AvgIpc) is 2.46. The molecule has 0 saturated carbocycles. The molecule has 0 saturated heterocycles. The van der Waals surface area contributed by atoms with Crippen molar-refractivity contribution in [2.24, 2.45) is 5.73 Å². The van der Waals surface area contributed by atoms with Crippen LogP contribution in [0.2, 0.25) is 0 Å². The van der Waals surface area contributed by atoms with E-state index in [2.05, 4.69) is 0 Å². The molecule has 0 amide bonds. The summed E-state index contributed by atoms with van der Waals surface area (Å²) in [5, 5.41) is 10.3. The second-order valence-corrected chi connectivity index (χ2v) is 5.09. The molecule has 0 fully saturated rings. The lowest BCUT2D eigenvalue weighted by Gasteiger charge is -2.24. The van der Waals surface area contributed by atoms with Crippen LogP contribution in [-0.2, 0) is 12.6 Å². The summed E-state index contributed by atoms with van der Waals surface area (Å²) in [4.78, 5) is 1.55. The summed E-state index contributed by atoms with van der Waals surface area (Å²) in [5.74, 6) is 0. The highest BCUT2D eigenvalue weighted by Gasteiger charge is 2.38. The number of para-hydroxylation sites is 1. The summed E-state index contributed by atoms with van der Waals surface area (Å²) < 4.78 is 39.1. The molecule has 0 aliphatic carbocycles. The first kappa shape index (κ1) is 14.1. The van der Waals surface area contributed by atoms with Crippen molar-refractivity contribution in [2.75, 3.05) is 25.0 Å². The van der Waals surface area contributed by atoms with Crippen LogP contribution in [0.15, 0.2) is 18.2 Å². The van der Waals surface area contributed by atoms with E-state index in [-0.39, 0.29) is 18.7 Å². The van der Waals surface area contributed by atoms with Crippen LogP contribution in [0, 0.1) is 0 Å². The highest BCUT2D eigenvalue weighted by atomic mass is 19.4. The molecule has 0 bridgehead atoms. The Hall–Kier alpha value is -1.27. The van der Waals surface area contributed by atoms with Crippen LogP contribution < -0.4 is 10.6 Å². The zero-order valence-electron chi connectivity index (χ0n) is 10.7. The van der Waals surface area contributed by atoms with Gasteiger partial charge < -0.3 is 15.7 Å². The number of aliphatic hydroxyl groups is 1. The smallest absolute Gasteiger partial charge is 0.388 e. The molecule has 0 spiro atoms. The molecule has 0 aromatic heterocycles. The normalized spacial score (nSPS) is 24.0. The zero-order valence-corrected chi connectivity index (χ0v) is 10.7. The number of fused-ring (bicyclic) bond motifs is 1. The molecule has 0 radical (unpaired) electrons. The van der Waals surface area contributed by atoms with E-state index in [0.29, 0.717) is 18.5 Å². The van der Waals surface area contributed by atoms with Gasteiger partial charge in [-0.05, 0) is 18.1 Å². The lowest BCUT2D eigenvalue weighted by atomic mass is 9.91. The molecule has 2 rings (SSSR count). The molecule has 6 heteroatoms. The van der Waals surface area contributed by atoms with E-state index < -0.39 is 17.3 Å². The maximum Gasteiger partial charge on any atom is 0.418 e. The molecule has 1 atom stereocenters. The summed E-state index contributed by atoms with van der Waals surface area (Å²) in [6, 6.07) is 4.06. The van der Waals surface area contributed by atoms with Gasteiger partial charge in [0.1, 0.15) is 0 Å². The number of rotatable bonds is 1. The number of halogens is 3. The number of alkyl halides is 3. The Morgan fingerprint density at radius 2 is 2.11 bits per heavy atom. The molecule has 1 unspecified atom stereocenters. The molecule has 19 heavy (non-hydrogen) atoms. The Bertz CT molecular complexity index is 475. The fourth-order valence-corrected chi connectivity index (χ4v) is 2.52. The summed E-state index contributed by atoms with van der Waals surface area (Å²) in [5.41, 5.74) is 4.39. The minimum absolute atomic E-state index is 0.0382. The molecule has 3 N–H and O–H groups in total. The number of anilines is 1. The van der Waals surface area contributed by atoms with E-state index in [1.165, 1.54) is 6.07 Å². The van der Waals surface area contributed by atoms with Crippen LogP contribution in [0.25, 0.3) is 0 Å². The van der Waals surface area contributed by atoms with Gasteiger partial charge in [-0.2, -0.15) is 13.2 Å². The minimum atomic E-state index is -4.40. The first-order chi connectivity index (χ1) is 8.77. The van der Waals surface area contributed by atoms with Crippen molar-refractivity contribution in [1.29, 1.82) is 0 Å². The van der Waals surface area contributed by atoms with Gasteiger partial charge in [0.25, 0.3) is 0 Å². The van der Waals surface area contributed by atoms with Crippen molar-refractivity contribution in [2.45, 2.75) is 24.6 Å².